The first-order valence-corrected chi connectivity index (χ1v) is 9.69. The van der Waals surface area contributed by atoms with Gasteiger partial charge in [-0.15, -0.1) is 0 Å². The molecule has 0 aromatic heterocycles. The zero-order valence-corrected chi connectivity index (χ0v) is 16.0. The van der Waals surface area contributed by atoms with E-state index in [1.165, 1.54) is 0 Å². The topological polar surface area (TPSA) is 59.1 Å². The number of ether oxygens (including phenoxy) is 2. The van der Waals surface area contributed by atoms with Crippen LogP contribution < -0.4 is 9.47 Å². The molecule has 0 unspecified atom stereocenters. The van der Waals surface area contributed by atoms with Gasteiger partial charge in [-0.1, -0.05) is 37.6 Å². The molecule has 0 atom stereocenters. The SMILES string of the molecule is CCCCN(Cc1ccc2c(c1)OCO2)C(=O)CN1Cc2ccccc2C1=O. The molecule has 2 aromatic rings. The van der Waals surface area contributed by atoms with E-state index >= 15 is 0 Å². The third kappa shape index (κ3) is 3.67. The highest BCUT2D eigenvalue weighted by atomic mass is 16.7. The molecule has 0 spiro atoms. The molecule has 4 rings (SSSR count). The van der Waals surface area contributed by atoms with Crippen LogP contribution in [0.4, 0.5) is 0 Å². The Labute approximate surface area is 164 Å². The van der Waals surface area contributed by atoms with E-state index in [0.29, 0.717) is 30.9 Å². The first-order chi connectivity index (χ1) is 13.7. The van der Waals surface area contributed by atoms with Crippen molar-refractivity contribution in [1.82, 2.24) is 9.80 Å². The first kappa shape index (κ1) is 18.3. The number of nitrogens with zero attached hydrogens (tertiary/aromatic N) is 2. The van der Waals surface area contributed by atoms with Crippen LogP contribution in [0.2, 0.25) is 0 Å². The van der Waals surface area contributed by atoms with Crippen molar-refractivity contribution < 1.29 is 19.1 Å². The molecule has 0 saturated carbocycles. The molecule has 0 fully saturated rings. The Balaban J connectivity index is 1.45. The molecule has 0 aliphatic carbocycles. The molecule has 2 heterocycles. The quantitative estimate of drug-likeness (QED) is 0.740. The number of unbranched alkanes of at least 4 members (excludes halogenated alkanes) is 1. The fraction of sp³-hybridized carbons (Fsp3) is 0.364. The lowest BCUT2D eigenvalue weighted by molar-refractivity contribution is -0.132. The summed E-state index contributed by atoms with van der Waals surface area (Å²) in [4.78, 5) is 29.1. The number of amides is 2. The van der Waals surface area contributed by atoms with Crippen molar-refractivity contribution >= 4 is 11.8 Å². The van der Waals surface area contributed by atoms with Gasteiger partial charge in [0.2, 0.25) is 12.7 Å². The largest absolute Gasteiger partial charge is 0.454 e. The fourth-order valence-electron chi connectivity index (χ4n) is 3.61. The third-order valence-electron chi connectivity index (χ3n) is 5.17. The number of fused-ring (bicyclic) bond motifs is 2. The average Bonchev–Trinajstić information content (AvgIpc) is 3.29. The van der Waals surface area contributed by atoms with Crippen LogP contribution in [0.25, 0.3) is 0 Å². The highest BCUT2D eigenvalue weighted by Gasteiger charge is 2.29. The molecule has 0 bridgehead atoms. The second kappa shape index (κ2) is 7.92. The summed E-state index contributed by atoms with van der Waals surface area (Å²) in [5.41, 5.74) is 2.67. The van der Waals surface area contributed by atoms with Gasteiger partial charge in [-0.05, 0) is 35.7 Å². The Hall–Kier alpha value is -3.02. The van der Waals surface area contributed by atoms with Crippen molar-refractivity contribution in [2.45, 2.75) is 32.9 Å². The monoisotopic (exact) mass is 380 g/mol. The smallest absolute Gasteiger partial charge is 0.254 e. The van der Waals surface area contributed by atoms with Crippen LogP contribution >= 0.6 is 0 Å². The Kier molecular flexibility index (Phi) is 5.19. The standard InChI is InChI=1S/C22H24N2O4/c1-2-3-10-23(12-16-8-9-19-20(11-16)28-15-27-19)21(25)14-24-13-17-6-4-5-7-18(17)22(24)26/h4-9,11H,2-3,10,12-15H2,1H3. The fourth-order valence-corrected chi connectivity index (χ4v) is 3.61. The molecule has 2 aliphatic heterocycles. The van der Waals surface area contributed by atoms with E-state index in [1.807, 2.05) is 47.4 Å². The zero-order chi connectivity index (χ0) is 19.5. The maximum atomic E-state index is 13.0. The summed E-state index contributed by atoms with van der Waals surface area (Å²) < 4.78 is 10.8. The number of hydrogen-bond donors (Lipinski definition) is 0. The summed E-state index contributed by atoms with van der Waals surface area (Å²) in [5.74, 6) is 1.34. The molecule has 28 heavy (non-hydrogen) atoms. The summed E-state index contributed by atoms with van der Waals surface area (Å²) in [5, 5.41) is 0. The van der Waals surface area contributed by atoms with Crippen LogP contribution in [0.3, 0.4) is 0 Å². The van der Waals surface area contributed by atoms with Gasteiger partial charge in [-0.2, -0.15) is 0 Å². The van der Waals surface area contributed by atoms with Gasteiger partial charge in [0.15, 0.2) is 11.5 Å². The van der Waals surface area contributed by atoms with E-state index in [-0.39, 0.29) is 25.2 Å². The number of carbonyl (C=O) groups excluding carboxylic acids is 2. The predicted octanol–water partition coefficient (Wildman–Crippen LogP) is 3.20. The van der Waals surface area contributed by atoms with Gasteiger partial charge in [-0.25, -0.2) is 0 Å². The second-order valence-electron chi connectivity index (χ2n) is 7.17. The van der Waals surface area contributed by atoms with Gasteiger partial charge in [0.25, 0.3) is 5.91 Å². The molecule has 2 aromatic carbocycles. The van der Waals surface area contributed by atoms with Crippen LogP contribution in [-0.4, -0.2) is 41.5 Å². The van der Waals surface area contributed by atoms with Crippen molar-refractivity contribution in [3.05, 3.63) is 59.2 Å². The van der Waals surface area contributed by atoms with E-state index in [2.05, 4.69) is 6.92 Å². The summed E-state index contributed by atoms with van der Waals surface area (Å²) in [6.45, 7) is 4.08. The maximum Gasteiger partial charge on any atom is 0.254 e. The minimum atomic E-state index is -0.0672. The van der Waals surface area contributed by atoms with Crippen LogP contribution in [0.1, 0.15) is 41.3 Å². The molecule has 2 amide bonds. The minimum absolute atomic E-state index is 0.0349. The van der Waals surface area contributed by atoms with Crippen LogP contribution in [0.5, 0.6) is 11.5 Å². The number of rotatable bonds is 7. The molecule has 0 N–H and O–H groups in total. The van der Waals surface area contributed by atoms with Crippen molar-refractivity contribution in [2.75, 3.05) is 19.9 Å². The van der Waals surface area contributed by atoms with Crippen LogP contribution in [0.15, 0.2) is 42.5 Å². The van der Waals surface area contributed by atoms with E-state index < -0.39 is 0 Å². The molecular formula is C22H24N2O4. The van der Waals surface area contributed by atoms with Gasteiger partial charge < -0.3 is 19.3 Å². The first-order valence-electron chi connectivity index (χ1n) is 9.69. The summed E-state index contributed by atoms with van der Waals surface area (Å²) in [6.07, 6.45) is 1.92. The molecule has 6 nitrogen and oxygen atoms in total. The number of hydrogen-bond acceptors (Lipinski definition) is 4. The van der Waals surface area contributed by atoms with E-state index in [0.717, 1.165) is 29.7 Å². The van der Waals surface area contributed by atoms with Crippen molar-refractivity contribution in [1.29, 1.82) is 0 Å². The second-order valence-corrected chi connectivity index (χ2v) is 7.17. The molecule has 146 valence electrons. The highest BCUT2D eigenvalue weighted by molar-refractivity contribution is 6.00. The summed E-state index contributed by atoms with van der Waals surface area (Å²) >= 11 is 0. The summed E-state index contributed by atoms with van der Waals surface area (Å²) in [7, 11) is 0. The normalized spacial score (nSPS) is 14.3. The van der Waals surface area contributed by atoms with Gasteiger partial charge in [0.05, 0.1) is 0 Å². The van der Waals surface area contributed by atoms with Gasteiger partial charge in [0.1, 0.15) is 6.54 Å². The van der Waals surface area contributed by atoms with E-state index in [4.69, 9.17) is 9.47 Å². The lowest BCUT2D eigenvalue weighted by Gasteiger charge is -2.25. The molecule has 2 aliphatic rings. The Morgan fingerprint density at radius 2 is 1.96 bits per heavy atom. The molecular weight excluding hydrogens is 356 g/mol. The predicted molar refractivity (Wildman–Crippen MR) is 104 cm³/mol. The van der Waals surface area contributed by atoms with E-state index in [9.17, 15) is 9.59 Å². The summed E-state index contributed by atoms with van der Waals surface area (Å²) in [6, 6.07) is 13.3. The average molecular weight is 380 g/mol. The van der Waals surface area contributed by atoms with Crippen molar-refractivity contribution in [3.8, 4) is 11.5 Å². The van der Waals surface area contributed by atoms with Crippen LogP contribution in [-0.2, 0) is 17.9 Å². The van der Waals surface area contributed by atoms with Gasteiger partial charge >= 0.3 is 0 Å². The maximum absolute atomic E-state index is 13.0. The highest BCUT2D eigenvalue weighted by Crippen LogP contribution is 2.33. The minimum Gasteiger partial charge on any atom is -0.454 e. The Morgan fingerprint density at radius 3 is 2.79 bits per heavy atom. The number of carbonyl (C=O) groups is 2. The number of benzene rings is 2. The lowest BCUT2D eigenvalue weighted by Crippen LogP contribution is -2.40. The molecule has 0 radical (unpaired) electrons. The zero-order valence-electron chi connectivity index (χ0n) is 16.0. The van der Waals surface area contributed by atoms with Crippen molar-refractivity contribution in [2.24, 2.45) is 0 Å². The molecule has 0 saturated heterocycles. The van der Waals surface area contributed by atoms with Crippen LogP contribution in [0, 0.1) is 0 Å². The Morgan fingerprint density at radius 1 is 1.14 bits per heavy atom. The van der Waals surface area contributed by atoms with Crippen molar-refractivity contribution in [3.63, 3.8) is 0 Å². The van der Waals surface area contributed by atoms with Gasteiger partial charge in [-0.3, -0.25) is 9.59 Å². The Bertz CT molecular complexity index is 896. The van der Waals surface area contributed by atoms with Gasteiger partial charge in [0, 0.05) is 25.2 Å². The lowest BCUT2D eigenvalue weighted by atomic mass is 10.1. The molecule has 6 heteroatoms. The van der Waals surface area contributed by atoms with E-state index in [1.54, 1.807) is 4.90 Å². The third-order valence-corrected chi connectivity index (χ3v) is 5.17.